The van der Waals surface area contributed by atoms with Gasteiger partial charge < -0.3 is 9.64 Å². The topological polar surface area (TPSA) is 32.8 Å². The van der Waals surface area contributed by atoms with Gasteiger partial charge in [0.1, 0.15) is 5.60 Å². The summed E-state index contributed by atoms with van der Waals surface area (Å²) in [4.78, 5) is 16.4. The van der Waals surface area contributed by atoms with E-state index in [1.54, 1.807) is 0 Å². The van der Waals surface area contributed by atoms with Crippen LogP contribution in [0.1, 0.15) is 46.5 Å². The first-order valence-corrected chi connectivity index (χ1v) is 7.74. The van der Waals surface area contributed by atoms with Crippen molar-refractivity contribution < 1.29 is 9.53 Å². The summed E-state index contributed by atoms with van der Waals surface area (Å²) in [6.07, 6.45) is 4.67. The largest absolute Gasteiger partial charge is 0.444 e. The minimum Gasteiger partial charge on any atom is -0.444 e. The predicted octanol–water partition coefficient (Wildman–Crippen LogP) is 3.04. The van der Waals surface area contributed by atoms with E-state index < -0.39 is 5.60 Å². The van der Waals surface area contributed by atoms with E-state index in [4.69, 9.17) is 4.74 Å². The molecule has 0 N–H and O–H groups in total. The van der Waals surface area contributed by atoms with E-state index in [1.807, 2.05) is 25.7 Å². The number of carbonyl (C=O) groups is 1. The van der Waals surface area contributed by atoms with Crippen molar-refractivity contribution >= 4 is 6.09 Å². The van der Waals surface area contributed by atoms with Gasteiger partial charge in [0.15, 0.2) is 0 Å². The van der Waals surface area contributed by atoms with Crippen LogP contribution < -0.4 is 0 Å². The molecule has 1 saturated heterocycles. The van der Waals surface area contributed by atoms with Crippen molar-refractivity contribution in [2.24, 2.45) is 0 Å². The predicted molar refractivity (Wildman–Crippen MR) is 80.8 cm³/mol. The highest BCUT2D eigenvalue weighted by Crippen LogP contribution is 2.26. The SMILES string of the molecule is C=C1CCCC(N2CCN(C(=O)OC(C)(C)C)CC2)C1. The lowest BCUT2D eigenvalue weighted by atomic mass is 9.90. The van der Waals surface area contributed by atoms with Gasteiger partial charge >= 0.3 is 6.09 Å². The van der Waals surface area contributed by atoms with Gasteiger partial charge in [0, 0.05) is 32.2 Å². The molecule has 1 heterocycles. The summed E-state index contributed by atoms with van der Waals surface area (Å²) in [6.45, 7) is 13.3. The molecule has 2 fully saturated rings. The van der Waals surface area contributed by atoms with Crippen LogP contribution in [-0.2, 0) is 4.74 Å². The zero-order chi connectivity index (χ0) is 14.8. The first kappa shape index (κ1) is 15.4. The summed E-state index contributed by atoms with van der Waals surface area (Å²) in [6, 6.07) is 0.636. The molecule has 1 unspecified atom stereocenters. The van der Waals surface area contributed by atoms with Crippen LogP contribution in [0, 0.1) is 0 Å². The molecule has 4 heteroatoms. The van der Waals surface area contributed by atoms with Crippen LogP contribution >= 0.6 is 0 Å². The fraction of sp³-hybridized carbons (Fsp3) is 0.812. The highest BCUT2D eigenvalue weighted by molar-refractivity contribution is 5.68. The van der Waals surface area contributed by atoms with E-state index in [0.29, 0.717) is 6.04 Å². The highest BCUT2D eigenvalue weighted by Gasteiger charge is 2.29. The first-order valence-electron chi connectivity index (χ1n) is 7.74. The lowest BCUT2D eigenvalue weighted by molar-refractivity contribution is 0.00921. The Morgan fingerprint density at radius 1 is 1.25 bits per heavy atom. The smallest absolute Gasteiger partial charge is 0.410 e. The summed E-state index contributed by atoms with van der Waals surface area (Å²) in [7, 11) is 0. The second-order valence-corrected chi connectivity index (χ2v) is 7.00. The fourth-order valence-corrected chi connectivity index (χ4v) is 3.03. The number of nitrogens with zero attached hydrogens (tertiary/aromatic N) is 2. The van der Waals surface area contributed by atoms with Gasteiger partial charge in [-0.3, -0.25) is 4.90 Å². The highest BCUT2D eigenvalue weighted by atomic mass is 16.6. The van der Waals surface area contributed by atoms with Gasteiger partial charge in [-0.25, -0.2) is 4.79 Å². The van der Waals surface area contributed by atoms with Crippen molar-refractivity contribution in [3.05, 3.63) is 12.2 Å². The Kier molecular flexibility index (Phi) is 4.74. The van der Waals surface area contributed by atoms with E-state index in [1.165, 1.54) is 24.8 Å². The number of piperazine rings is 1. The molecule has 1 saturated carbocycles. The van der Waals surface area contributed by atoms with Crippen molar-refractivity contribution in [3.63, 3.8) is 0 Å². The second kappa shape index (κ2) is 6.17. The van der Waals surface area contributed by atoms with Gasteiger partial charge in [-0.1, -0.05) is 12.2 Å². The van der Waals surface area contributed by atoms with Gasteiger partial charge in [-0.05, 0) is 46.5 Å². The molecular formula is C16H28N2O2. The fourth-order valence-electron chi connectivity index (χ4n) is 3.03. The summed E-state index contributed by atoms with van der Waals surface area (Å²) < 4.78 is 5.43. The van der Waals surface area contributed by atoms with Crippen LogP contribution in [0.25, 0.3) is 0 Å². The van der Waals surface area contributed by atoms with E-state index in [0.717, 1.165) is 32.6 Å². The second-order valence-electron chi connectivity index (χ2n) is 7.00. The Hall–Kier alpha value is -1.03. The normalized spacial score (nSPS) is 25.6. The molecule has 2 rings (SSSR count). The van der Waals surface area contributed by atoms with Crippen molar-refractivity contribution in [1.29, 1.82) is 0 Å². The summed E-state index contributed by atoms with van der Waals surface area (Å²) in [5.74, 6) is 0. The van der Waals surface area contributed by atoms with Crippen LogP contribution in [0.5, 0.6) is 0 Å². The first-order chi connectivity index (χ1) is 9.35. The molecule has 114 valence electrons. The Morgan fingerprint density at radius 3 is 2.45 bits per heavy atom. The molecule has 20 heavy (non-hydrogen) atoms. The van der Waals surface area contributed by atoms with Crippen LogP contribution in [0.2, 0.25) is 0 Å². The molecule has 0 aromatic rings. The van der Waals surface area contributed by atoms with Crippen LogP contribution in [-0.4, -0.2) is 53.7 Å². The molecule has 0 spiro atoms. The molecular weight excluding hydrogens is 252 g/mol. The van der Waals surface area contributed by atoms with E-state index >= 15 is 0 Å². The number of hydrogen-bond acceptors (Lipinski definition) is 3. The van der Waals surface area contributed by atoms with E-state index in [-0.39, 0.29) is 6.09 Å². The standard InChI is InChI=1S/C16H28N2O2/c1-13-6-5-7-14(12-13)17-8-10-18(11-9-17)15(19)20-16(2,3)4/h14H,1,5-12H2,2-4H3. The maximum absolute atomic E-state index is 12.0. The number of carbonyl (C=O) groups excluding carboxylic acids is 1. The monoisotopic (exact) mass is 280 g/mol. The third-order valence-electron chi connectivity index (χ3n) is 4.07. The van der Waals surface area contributed by atoms with Crippen molar-refractivity contribution in [2.45, 2.75) is 58.1 Å². The zero-order valence-electron chi connectivity index (χ0n) is 13.2. The van der Waals surface area contributed by atoms with Gasteiger partial charge in [0.05, 0.1) is 0 Å². The number of rotatable bonds is 1. The van der Waals surface area contributed by atoms with Crippen LogP contribution in [0.15, 0.2) is 12.2 Å². The molecule has 4 nitrogen and oxygen atoms in total. The molecule has 0 radical (unpaired) electrons. The van der Waals surface area contributed by atoms with Crippen LogP contribution in [0.3, 0.4) is 0 Å². The molecule has 1 atom stereocenters. The Labute approximate surface area is 122 Å². The molecule has 0 aromatic carbocycles. The lowest BCUT2D eigenvalue weighted by Gasteiger charge is -2.41. The lowest BCUT2D eigenvalue weighted by Crippen LogP contribution is -2.53. The van der Waals surface area contributed by atoms with Gasteiger partial charge in [-0.15, -0.1) is 0 Å². The number of hydrogen-bond donors (Lipinski definition) is 0. The molecule has 2 aliphatic rings. The zero-order valence-corrected chi connectivity index (χ0v) is 13.2. The maximum atomic E-state index is 12.0. The molecule has 0 aromatic heterocycles. The number of ether oxygens (including phenoxy) is 1. The molecule has 1 aliphatic heterocycles. The van der Waals surface area contributed by atoms with Crippen molar-refractivity contribution in [1.82, 2.24) is 9.80 Å². The Bertz CT molecular complexity index is 365. The summed E-state index contributed by atoms with van der Waals surface area (Å²) >= 11 is 0. The molecule has 1 aliphatic carbocycles. The average molecular weight is 280 g/mol. The average Bonchev–Trinajstić information content (AvgIpc) is 2.37. The third kappa shape index (κ3) is 4.23. The van der Waals surface area contributed by atoms with Crippen molar-refractivity contribution in [2.75, 3.05) is 26.2 Å². The van der Waals surface area contributed by atoms with Crippen molar-refractivity contribution in [3.8, 4) is 0 Å². The number of amides is 1. The summed E-state index contributed by atoms with van der Waals surface area (Å²) in [5.41, 5.74) is 0.978. The van der Waals surface area contributed by atoms with Gasteiger partial charge in [-0.2, -0.15) is 0 Å². The molecule has 0 bridgehead atoms. The Balaban J connectivity index is 1.80. The summed E-state index contributed by atoms with van der Waals surface area (Å²) in [5, 5.41) is 0. The minimum absolute atomic E-state index is 0.176. The molecule has 1 amide bonds. The third-order valence-corrected chi connectivity index (χ3v) is 4.07. The van der Waals surface area contributed by atoms with Gasteiger partial charge in [0.25, 0.3) is 0 Å². The van der Waals surface area contributed by atoms with Crippen LogP contribution in [0.4, 0.5) is 4.79 Å². The minimum atomic E-state index is -0.407. The maximum Gasteiger partial charge on any atom is 0.410 e. The van der Waals surface area contributed by atoms with Gasteiger partial charge in [0.2, 0.25) is 0 Å². The quantitative estimate of drug-likeness (QED) is 0.692. The van der Waals surface area contributed by atoms with E-state index in [2.05, 4.69) is 11.5 Å². The Morgan fingerprint density at radius 2 is 1.90 bits per heavy atom. The van der Waals surface area contributed by atoms with E-state index in [9.17, 15) is 4.79 Å².